The second kappa shape index (κ2) is 7.14. The van der Waals surface area contributed by atoms with Crippen LogP contribution in [0.1, 0.15) is 24.2 Å². The van der Waals surface area contributed by atoms with E-state index in [4.69, 9.17) is 4.74 Å². The van der Waals surface area contributed by atoms with Crippen molar-refractivity contribution in [3.05, 3.63) is 64.1 Å². The quantitative estimate of drug-likeness (QED) is 0.864. The van der Waals surface area contributed by atoms with E-state index in [1.807, 2.05) is 48.5 Å². The third-order valence-corrected chi connectivity index (χ3v) is 3.23. The van der Waals surface area contributed by atoms with Crippen LogP contribution in [0.2, 0.25) is 0 Å². The highest BCUT2D eigenvalue weighted by Crippen LogP contribution is 2.28. The van der Waals surface area contributed by atoms with Gasteiger partial charge >= 0.3 is 0 Å². The molecular formula is C17H15BrO2. The number of aliphatic hydroxyl groups is 1. The molecule has 2 nitrogen and oxygen atoms in total. The minimum atomic E-state index is -0.569. The molecular weight excluding hydrogens is 316 g/mol. The van der Waals surface area contributed by atoms with Crippen molar-refractivity contribution < 1.29 is 9.84 Å². The van der Waals surface area contributed by atoms with Crippen molar-refractivity contribution in [2.24, 2.45) is 0 Å². The molecule has 20 heavy (non-hydrogen) atoms. The van der Waals surface area contributed by atoms with E-state index in [2.05, 4.69) is 27.8 Å². The number of halogens is 1. The van der Waals surface area contributed by atoms with Crippen LogP contribution in [0, 0.1) is 11.8 Å². The fourth-order valence-electron chi connectivity index (χ4n) is 1.75. The van der Waals surface area contributed by atoms with E-state index < -0.39 is 6.10 Å². The number of rotatable bonds is 3. The highest BCUT2D eigenvalue weighted by atomic mass is 79.9. The molecule has 0 amide bonds. The van der Waals surface area contributed by atoms with E-state index in [0.717, 1.165) is 15.6 Å². The first kappa shape index (κ1) is 14.6. The molecule has 0 radical (unpaired) electrons. The van der Waals surface area contributed by atoms with Crippen LogP contribution in [0.25, 0.3) is 0 Å². The maximum Gasteiger partial charge on any atom is 0.149 e. The second-order valence-electron chi connectivity index (χ2n) is 4.31. The van der Waals surface area contributed by atoms with Crippen LogP contribution >= 0.6 is 15.9 Å². The molecule has 2 rings (SSSR count). The summed E-state index contributed by atoms with van der Waals surface area (Å²) in [4.78, 5) is 0. The average molecular weight is 331 g/mol. The van der Waals surface area contributed by atoms with Crippen LogP contribution in [0.15, 0.2) is 53.0 Å². The maximum absolute atomic E-state index is 9.70. The van der Waals surface area contributed by atoms with E-state index in [1.165, 1.54) is 0 Å². The monoisotopic (exact) mass is 330 g/mol. The van der Waals surface area contributed by atoms with Gasteiger partial charge in [0.1, 0.15) is 12.4 Å². The number of ether oxygens (including phenoxy) is 1. The van der Waals surface area contributed by atoms with Gasteiger partial charge in [0, 0.05) is 15.6 Å². The molecule has 0 aliphatic carbocycles. The van der Waals surface area contributed by atoms with Crippen LogP contribution in [0.3, 0.4) is 0 Å². The van der Waals surface area contributed by atoms with E-state index in [1.54, 1.807) is 6.92 Å². The lowest BCUT2D eigenvalue weighted by molar-refractivity contribution is 0.193. The molecule has 0 bridgehead atoms. The largest absolute Gasteiger partial charge is 0.481 e. The third kappa shape index (κ3) is 4.12. The first-order chi connectivity index (χ1) is 9.66. The van der Waals surface area contributed by atoms with Crippen LogP contribution in [-0.4, -0.2) is 11.7 Å². The molecule has 0 saturated carbocycles. The van der Waals surface area contributed by atoms with Gasteiger partial charge in [0.05, 0.1) is 6.10 Å². The molecule has 0 unspecified atom stereocenters. The first-order valence-electron chi connectivity index (χ1n) is 6.31. The molecule has 1 atom stereocenters. The lowest BCUT2D eigenvalue weighted by Gasteiger charge is -2.12. The van der Waals surface area contributed by atoms with Gasteiger partial charge in [0.2, 0.25) is 0 Å². The standard InChI is InChI=1S/C17H15BrO2/c1-13(19)16-10-9-15(18)12-17(16)20-11-5-8-14-6-3-2-4-7-14/h2-4,6-7,9-10,12-13,19H,11H2,1H3/t13-/m1/s1. The Bertz CT molecular complexity index is 624. The lowest BCUT2D eigenvalue weighted by Crippen LogP contribution is -2.00. The smallest absolute Gasteiger partial charge is 0.149 e. The zero-order valence-electron chi connectivity index (χ0n) is 11.1. The Hall–Kier alpha value is -1.76. The van der Waals surface area contributed by atoms with Crippen molar-refractivity contribution in [1.82, 2.24) is 0 Å². The molecule has 2 aromatic carbocycles. The Balaban J connectivity index is 2.05. The third-order valence-electron chi connectivity index (χ3n) is 2.73. The Morgan fingerprint density at radius 1 is 1.20 bits per heavy atom. The Labute approximate surface area is 127 Å². The summed E-state index contributed by atoms with van der Waals surface area (Å²) in [6, 6.07) is 15.3. The molecule has 0 saturated heterocycles. The Morgan fingerprint density at radius 3 is 2.65 bits per heavy atom. The Kier molecular flexibility index (Phi) is 5.23. The van der Waals surface area contributed by atoms with Crippen molar-refractivity contribution in [2.45, 2.75) is 13.0 Å². The number of benzene rings is 2. The molecule has 0 spiro atoms. The van der Waals surface area contributed by atoms with E-state index in [-0.39, 0.29) is 6.61 Å². The summed E-state index contributed by atoms with van der Waals surface area (Å²) in [7, 11) is 0. The van der Waals surface area contributed by atoms with Gasteiger partial charge in [-0.3, -0.25) is 0 Å². The minimum absolute atomic E-state index is 0.283. The van der Waals surface area contributed by atoms with Crippen LogP contribution in [0.4, 0.5) is 0 Å². The predicted octanol–water partition coefficient (Wildman–Crippen LogP) is 3.93. The summed E-state index contributed by atoms with van der Waals surface area (Å²) in [6.45, 7) is 2.00. The van der Waals surface area contributed by atoms with Crippen LogP contribution in [-0.2, 0) is 0 Å². The number of aliphatic hydroxyl groups excluding tert-OH is 1. The van der Waals surface area contributed by atoms with Gasteiger partial charge in [-0.25, -0.2) is 0 Å². The van der Waals surface area contributed by atoms with Gasteiger partial charge in [-0.2, -0.15) is 0 Å². The van der Waals surface area contributed by atoms with E-state index in [0.29, 0.717) is 5.75 Å². The van der Waals surface area contributed by atoms with E-state index in [9.17, 15) is 5.11 Å². The van der Waals surface area contributed by atoms with Crippen LogP contribution in [0.5, 0.6) is 5.75 Å². The molecule has 2 aromatic rings. The summed E-state index contributed by atoms with van der Waals surface area (Å²) >= 11 is 3.39. The van der Waals surface area contributed by atoms with Gasteiger partial charge in [-0.1, -0.05) is 52.0 Å². The van der Waals surface area contributed by atoms with Crippen molar-refractivity contribution >= 4 is 15.9 Å². The van der Waals surface area contributed by atoms with Gasteiger partial charge in [0.15, 0.2) is 0 Å². The molecule has 3 heteroatoms. The normalized spacial score (nSPS) is 11.3. The predicted molar refractivity (Wildman–Crippen MR) is 83.6 cm³/mol. The molecule has 0 aliphatic heterocycles. The molecule has 0 aromatic heterocycles. The Morgan fingerprint density at radius 2 is 1.95 bits per heavy atom. The first-order valence-corrected chi connectivity index (χ1v) is 7.10. The molecule has 0 heterocycles. The summed E-state index contributed by atoms with van der Waals surface area (Å²) in [6.07, 6.45) is -0.569. The SMILES string of the molecule is C[C@@H](O)c1ccc(Br)cc1OCC#Cc1ccccc1. The van der Waals surface area contributed by atoms with Crippen LogP contribution < -0.4 is 4.74 Å². The highest BCUT2D eigenvalue weighted by Gasteiger charge is 2.09. The summed E-state index contributed by atoms with van der Waals surface area (Å²) < 4.78 is 6.55. The molecule has 1 N–H and O–H groups in total. The topological polar surface area (TPSA) is 29.5 Å². The number of hydrogen-bond donors (Lipinski definition) is 1. The fraction of sp³-hybridized carbons (Fsp3) is 0.176. The summed E-state index contributed by atoms with van der Waals surface area (Å²) in [5, 5.41) is 9.70. The average Bonchev–Trinajstić information content (AvgIpc) is 2.44. The molecule has 102 valence electrons. The maximum atomic E-state index is 9.70. The molecule has 0 aliphatic rings. The zero-order valence-corrected chi connectivity index (χ0v) is 12.7. The van der Waals surface area contributed by atoms with Crippen molar-refractivity contribution in [2.75, 3.05) is 6.61 Å². The van der Waals surface area contributed by atoms with Crippen molar-refractivity contribution in [1.29, 1.82) is 0 Å². The van der Waals surface area contributed by atoms with E-state index >= 15 is 0 Å². The molecule has 0 fully saturated rings. The minimum Gasteiger partial charge on any atom is -0.481 e. The van der Waals surface area contributed by atoms with Gasteiger partial charge in [-0.05, 0) is 31.2 Å². The summed E-state index contributed by atoms with van der Waals surface area (Å²) in [5.74, 6) is 6.65. The highest BCUT2D eigenvalue weighted by molar-refractivity contribution is 9.10. The number of hydrogen-bond acceptors (Lipinski definition) is 2. The van der Waals surface area contributed by atoms with Gasteiger partial charge in [0.25, 0.3) is 0 Å². The van der Waals surface area contributed by atoms with Crippen molar-refractivity contribution in [3.8, 4) is 17.6 Å². The fourth-order valence-corrected chi connectivity index (χ4v) is 2.09. The lowest BCUT2D eigenvalue weighted by atomic mass is 10.1. The zero-order chi connectivity index (χ0) is 14.4. The second-order valence-corrected chi connectivity index (χ2v) is 5.23. The summed E-state index contributed by atoms with van der Waals surface area (Å²) in [5.41, 5.74) is 1.72. The van der Waals surface area contributed by atoms with Gasteiger partial charge in [-0.15, -0.1) is 0 Å². The van der Waals surface area contributed by atoms with Crippen molar-refractivity contribution in [3.63, 3.8) is 0 Å². The van der Waals surface area contributed by atoms with Gasteiger partial charge < -0.3 is 9.84 Å².